The number of hydrogen-bond acceptors (Lipinski definition) is 3. The maximum Gasteiger partial charge on any atom is 0.337 e. The number of carboxylic acids is 1. The Morgan fingerprint density at radius 2 is 2.00 bits per heavy atom. The topological polar surface area (TPSA) is 92.4 Å². The Labute approximate surface area is 123 Å². The predicted molar refractivity (Wildman–Crippen MR) is 78.7 cm³/mol. The van der Waals surface area contributed by atoms with E-state index in [0.717, 1.165) is 6.07 Å². The van der Waals surface area contributed by atoms with Crippen LogP contribution >= 0.6 is 0 Å². The van der Waals surface area contributed by atoms with E-state index in [1.54, 1.807) is 0 Å². The fourth-order valence-corrected chi connectivity index (χ4v) is 2.12. The van der Waals surface area contributed by atoms with Gasteiger partial charge in [-0.3, -0.25) is 4.79 Å². The molecule has 0 heterocycles. The number of carbonyl (C=O) groups is 2. The Morgan fingerprint density at radius 3 is 2.52 bits per heavy atom. The van der Waals surface area contributed by atoms with Gasteiger partial charge in [0.25, 0.3) is 0 Å². The van der Waals surface area contributed by atoms with Gasteiger partial charge in [-0.25, -0.2) is 9.18 Å². The monoisotopic (exact) mass is 296 g/mol. The van der Waals surface area contributed by atoms with Crippen LogP contribution < -0.4 is 11.1 Å². The van der Waals surface area contributed by atoms with Crippen molar-refractivity contribution in [2.24, 2.45) is 11.1 Å². The molecule has 1 unspecified atom stereocenters. The molecule has 0 aromatic heterocycles. The van der Waals surface area contributed by atoms with Gasteiger partial charge >= 0.3 is 5.97 Å². The smallest absolute Gasteiger partial charge is 0.337 e. The molecule has 0 fully saturated rings. The number of aromatic carboxylic acids is 1. The molecule has 0 bridgehead atoms. The molecule has 1 atom stereocenters. The van der Waals surface area contributed by atoms with Crippen LogP contribution in [0.4, 0.5) is 10.1 Å². The van der Waals surface area contributed by atoms with Crippen molar-refractivity contribution in [3.63, 3.8) is 0 Å². The van der Waals surface area contributed by atoms with E-state index in [-0.39, 0.29) is 29.1 Å². The zero-order valence-electron chi connectivity index (χ0n) is 12.4. The highest BCUT2D eigenvalue weighted by molar-refractivity contribution is 6.00. The van der Waals surface area contributed by atoms with Crippen LogP contribution in [0.3, 0.4) is 0 Å². The Bertz CT molecular complexity index is 538. The van der Waals surface area contributed by atoms with Crippen LogP contribution in [-0.4, -0.2) is 23.0 Å². The van der Waals surface area contributed by atoms with E-state index in [2.05, 4.69) is 5.32 Å². The fourth-order valence-electron chi connectivity index (χ4n) is 2.12. The van der Waals surface area contributed by atoms with Crippen molar-refractivity contribution in [1.29, 1.82) is 0 Å². The van der Waals surface area contributed by atoms with Gasteiger partial charge in [0.05, 0.1) is 11.3 Å². The molecule has 0 aliphatic carbocycles. The maximum atomic E-state index is 13.7. The van der Waals surface area contributed by atoms with Crippen molar-refractivity contribution in [2.75, 3.05) is 5.32 Å². The Morgan fingerprint density at radius 1 is 1.38 bits per heavy atom. The Kier molecular flexibility index (Phi) is 5.43. The minimum Gasteiger partial charge on any atom is -0.478 e. The van der Waals surface area contributed by atoms with E-state index in [4.69, 9.17) is 10.8 Å². The third kappa shape index (κ3) is 5.51. The standard InChI is InChI=1S/C15H21FN2O3/c1-15(2,3)8-9(17)7-12(19)18-13-10(14(20)21)5-4-6-11(13)16/h4-6,9H,7-8,17H2,1-3H3,(H,18,19)(H,20,21). The molecule has 0 saturated heterocycles. The van der Waals surface area contributed by atoms with Crippen molar-refractivity contribution < 1.29 is 19.1 Å². The number of hydrogen-bond donors (Lipinski definition) is 3. The predicted octanol–water partition coefficient (Wildman–Crippen LogP) is 2.62. The van der Waals surface area contributed by atoms with E-state index in [1.165, 1.54) is 12.1 Å². The molecule has 0 aliphatic heterocycles. The second kappa shape index (κ2) is 6.67. The summed E-state index contributed by atoms with van der Waals surface area (Å²) in [6, 6.07) is 3.23. The van der Waals surface area contributed by atoms with Crippen LogP contribution in [-0.2, 0) is 4.79 Å². The van der Waals surface area contributed by atoms with Crippen molar-refractivity contribution in [1.82, 2.24) is 0 Å². The summed E-state index contributed by atoms with van der Waals surface area (Å²) in [6.45, 7) is 6.01. The lowest BCUT2D eigenvalue weighted by Gasteiger charge is -2.22. The first-order chi connectivity index (χ1) is 9.60. The third-order valence-corrected chi connectivity index (χ3v) is 2.83. The average Bonchev–Trinajstić information content (AvgIpc) is 2.28. The van der Waals surface area contributed by atoms with Crippen LogP contribution in [0.5, 0.6) is 0 Å². The lowest BCUT2D eigenvalue weighted by molar-refractivity contribution is -0.116. The molecule has 1 aromatic rings. The van der Waals surface area contributed by atoms with Crippen molar-refractivity contribution in [2.45, 2.75) is 39.7 Å². The van der Waals surface area contributed by atoms with Gasteiger partial charge in [-0.05, 0) is 24.0 Å². The summed E-state index contributed by atoms with van der Waals surface area (Å²) in [7, 11) is 0. The van der Waals surface area contributed by atoms with Gasteiger partial charge < -0.3 is 16.2 Å². The van der Waals surface area contributed by atoms with Crippen molar-refractivity contribution >= 4 is 17.6 Å². The van der Waals surface area contributed by atoms with Gasteiger partial charge in [-0.2, -0.15) is 0 Å². The van der Waals surface area contributed by atoms with E-state index < -0.39 is 17.7 Å². The summed E-state index contributed by atoms with van der Waals surface area (Å²) in [5.41, 5.74) is 5.25. The number of carbonyl (C=O) groups excluding carboxylic acids is 1. The molecule has 0 radical (unpaired) electrons. The highest BCUT2D eigenvalue weighted by Gasteiger charge is 2.20. The molecule has 5 nitrogen and oxygen atoms in total. The van der Waals surface area contributed by atoms with Gasteiger partial charge in [-0.1, -0.05) is 26.8 Å². The lowest BCUT2D eigenvalue weighted by atomic mass is 9.87. The van der Waals surface area contributed by atoms with Crippen molar-refractivity contribution in [3.8, 4) is 0 Å². The normalized spacial score (nSPS) is 12.8. The fraction of sp³-hybridized carbons (Fsp3) is 0.467. The lowest BCUT2D eigenvalue weighted by Crippen LogP contribution is -2.31. The highest BCUT2D eigenvalue weighted by Crippen LogP contribution is 2.23. The van der Waals surface area contributed by atoms with Gasteiger partial charge in [0, 0.05) is 12.5 Å². The van der Waals surface area contributed by atoms with E-state index in [0.29, 0.717) is 6.42 Å². The summed E-state index contributed by atoms with van der Waals surface area (Å²) >= 11 is 0. The molecule has 6 heteroatoms. The summed E-state index contributed by atoms with van der Waals surface area (Å²) in [4.78, 5) is 22.9. The van der Waals surface area contributed by atoms with Crippen LogP contribution in [0.25, 0.3) is 0 Å². The number of nitrogens with one attached hydrogen (secondary N) is 1. The number of para-hydroxylation sites is 1. The average molecular weight is 296 g/mol. The summed E-state index contributed by atoms with van der Waals surface area (Å²) in [5, 5.41) is 11.3. The number of nitrogens with two attached hydrogens (primary N) is 1. The summed E-state index contributed by atoms with van der Waals surface area (Å²) in [6.07, 6.45) is 0.633. The van der Waals surface area contributed by atoms with Crippen LogP contribution in [0.1, 0.15) is 44.0 Å². The zero-order chi connectivity index (χ0) is 16.2. The molecule has 1 amide bonds. The molecular weight excluding hydrogens is 275 g/mol. The molecule has 21 heavy (non-hydrogen) atoms. The molecule has 116 valence electrons. The quantitative estimate of drug-likeness (QED) is 0.778. The first kappa shape index (κ1) is 17.1. The first-order valence-electron chi connectivity index (χ1n) is 6.67. The molecule has 0 spiro atoms. The second-order valence-electron chi connectivity index (χ2n) is 6.24. The van der Waals surface area contributed by atoms with Crippen LogP contribution in [0.15, 0.2) is 18.2 Å². The molecule has 4 N–H and O–H groups in total. The molecule has 0 aliphatic rings. The number of amides is 1. The molecule has 0 saturated carbocycles. The van der Waals surface area contributed by atoms with E-state index >= 15 is 0 Å². The molecule has 1 aromatic carbocycles. The minimum atomic E-state index is -1.30. The summed E-state index contributed by atoms with van der Waals surface area (Å²) < 4.78 is 13.7. The highest BCUT2D eigenvalue weighted by atomic mass is 19.1. The third-order valence-electron chi connectivity index (χ3n) is 2.83. The Balaban J connectivity index is 2.78. The van der Waals surface area contributed by atoms with E-state index in [1.807, 2.05) is 20.8 Å². The zero-order valence-corrected chi connectivity index (χ0v) is 12.4. The summed E-state index contributed by atoms with van der Waals surface area (Å²) in [5.74, 6) is -2.59. The SMILES string of the molecule is CC(C)(C)CC(N)CC(=O)Nc1c(F)cccc1C(=O)O. The van der Waals surface area contributed by atoms with Crippen molar-refractivity contribution in [3.05, 3.63) is 29.6 Å². The number of rotatable bonds is 5. The molecular formula is C15H21FN2O3. The number of benzene rings is 1. The Hall–Kier alpha value is -1.95. The number of anilines is 1. The van der Waals surface area contributed by atoms with Gasteiger partial charge in [-0.15, -0.1) is 0 Å². The second-order valence-corrected chi connectivity index (χ2v) is 6.24. The minimum absolute atomic E-state index is 0.00463. The van der Waals surface area contributed by atoms with Crippen LogP contribution in [0, 0.1) is 11.2 Å². The van der Waals surface area contributed by atoms with Gasteiger partial charge in [0.2, 0.25) is 5.91 Å². The largest absolute Gasteiger partial charge is 0.478 e. The first-order valence-corrected chi connectivity index (χ1v) is 6.67. The van der Waals surface area contributed by atoms with Gasteiger partial charge in [0.15, 0.2) is 0 Å². The van der Waals surface area contributed by atoms with Gasteiger partial charge in [0.1, 0.15) is 5.82 Å². The van der Waals surface area contributed by atoms with E-state index in [9.17, 15) is 14.0 Å². The molecule has 1 rings (SSSR count). The number of carboxylic acid groups (broad SMARTS) is 1. The number of halogens is 1. The van der Waals surface area contributed by atoms with Crippen LogP contribution in [0.2, 0.25) is 0 Å². The maximum absolute atomic E-state index is 13.7.